The largest absolute Gasteiger partial charge is 0.458 e. The molecule has 2 fully saturated rings. The van der Waals surface area contributed by atoms with Crippen LogP contribution in [0.2, 0.25) is 0 Å². The Labute approximate surface area is 183 Å². The molecule has 2 bridgehead atoms. The Kier molecular flexibility index (Phi) is 5.08. The van der Waals surface area contributed by atoms with Gasteiger partial charge in [0.15, 0.2) is 0 Å². The first-order valence-electron chi connectivity index (χ1n) is 11.4. The first kappa shape index (κ1) is 22.9. The van der Waals surface area contributed by atoms with Gasteiger partial charge in [-0.25, -0.2) is 0 Å². The molecule has 9 atom stereocenters. The summed E-state index contributed by atoms with van der Waals surface area (Å²) < 4.78 is 6.11. The van der Waals surface area contributed by atoms with Gasteiger partial charge in [0.25, 0.3) is 0 Å². The summed E-state index contributed by atoms with van der Waals surface area (Å²) in [5.74, 6) is -1.54. The summed E-state index contributed by atoms with van der Waals surface area (Å²) in [4.78, 5) is 12.6. The van der Waals surface area contributed by atoms with E-state index in [9.17, 15) is 30.3 Å². The number of hydrogen-bond donors (Lipinski definition) is 5. The van der Waals surface area contributed by atoms with E-state index < -0.39 is 58.8 Å². The van der Waals surface area contributed by atoms with E-state index in [2.05, 4.69) is 0 Å². The zero-order chi connectivity index (χ0) is 23.1. The quantitative estimate of drug-likeness (QED) is 0.329. The number of hydrogen-bond acceptors (Lipinski definition) is 7. The van der Waals surface area contributed by atoms with Crippen LogP contribution in [0.5, 0.6) is 0 Å². The van der Waals surface area contributed by atoms with Crippen molar-refractivity contribution < 1.29 is 35.1 Å². The average Bonchev–Trinajstić information content (AvgIpc) is 3.10. The number of rotatable bonds is 4. The van der Waals surface area contributed by atoms with Gasteiger partial charge in [-0.1, -0.05) is 39.8 Å². The van der Waals surface area contributed by atoms with E-state index in [0.29, 0.717) is 24.8 Å². The number of ether oxygens (including phenoxy) is 1. The molecule has 0 heterocycles. The fourth-order valence-electron chi connectivity index (χ4n) is 7.50. The van der Waals surface area contributed by atoms with E-state index in [1.54, 1.807) is 19.1 Å². The van der Waals surface area contributed by atoms with Gasteiger partial charge >= 0.3 is 5.97 Å². The summed E-state index contributed by atoms with van der Waals surface area (Å²) in [6.45, 7) is 8.96. The molecule has 4 aliphatic carbocycles. The normalized spacial score (nSPS) is 49.7. The van der Waals surface area contributed by atoms with Gasteiger partial charge in [0.2, 0.25) is 0 Å². The van der Waals surface area contributed by atoms with E-state index in [1.807, 2.05) is 27.7 Å². The van der Waals surface area contributed by atoms with Crippen LogP contribution in [0.25, 0.3) is 0 Å². The number of carbonyl (C=O) groups excluding carboxylic acids is 1. The van der Waals surface area contributed by atoms with E-state index >= 15 is 0 Å². The lowest BCUT2D eigenvalue weighted by Gasteiger charge is -2.51. The van der Waals surface area contributed by atoms with Crippen molar-refractivity contribution in [2.75, 3.05) is 6.61 Å². The van der Waals surface area contributed by atoms with E-state index in [1.165, 1.54) is 0 Å². The summed E-state index contributed by atoms with van der Waals surface area (Å²) in [6, 6.07) is 0. The fourth-order valence-corrected chi connectivity index (χ4v) is 7.50. The highest BCUT2D eigenvalue weighted by atomic mass is 16.6. The number of aliphatic hydroxyl groups excluding tert-OH is 4. The highest BCUT2D eigenvalue weighted by molar-refractivity contribution is 5.70. The van der Waals surface area contributed by atoms with E-state index in [0.717, 1.165) is 0 Å². The number of esters is 1. The van der Waals surface area contributed by atoms with Crippen LogP contribution in [-0.2, 0) is 9.53 Å². The first-order valence-corrected chi connectivity index (χ1v) is 11.4. The van der Waals surface area contributed by atoms with Crippen molar-refractivity contribution in [1.82, 2.24) is 0 Å². The number of carbonyl (C=O) groups is 1. The fraction of sp³-hybridized carbons (Fsp3) is 0.792. The molecule has 7 heteroatoms. The first-order chi connectivity index (χ1) is 14.4. The van der Waals surface area contributed by atoms with Crippen LogP contribution in [-0.4, -0.2) is 67.6 Å². The van der Waals surface area contributed by atoms with Crippen molar-refractivity contribution in [3.8, 4) is 0 Å². The van der Waals surface area contributed by atoms with Gasteiger partial charge in [-0.15, -0.1) is 0 Å². The second kappa shape index (κ2) is 6.87. The predicted octanol–water partition coefficient (Wildman–Crippen LogP) is 1.07. The third-order valence-electron chi connectivity index (χ3n) is 9.07. The van der Waals surface area contributed by atoms with E-state index in [4.69, 9.17) is 4.74 Å². The summed E-state index contributed by atoms with van der Waals surface area (Å²) >= 11 is 0. The second-order valence-corrected chi connectivity index (χ2v) is 10.8. The van der Waals surface area contributed by atoms with Gasteiger partial charge in [-0.05, 0) is 36.8 Å². The second-order valence-electron chi connectivity index (χ2n) is 10.8. The molecule has 31 heavy (non-hydrogen) atoms. The van der Waals surface area contributed by atoms with Gasteiger partial charge < -0.3 is 30.3 Å². The monoisotopic (exact) mass is 436 g/mol. The molecule has 0 radical (unpaired) electrons. The van der Waals surface area contributed by atoms with Gasteiger partial charge in [-0.2, -0.15) is 0 Å². The molecule has 4 aliphatic rings. The molecule has 0 aromatic heterocycles. The van der Waals surface area contributed by atoms with Crippen LogP contribution in [0.4, 0.5) is 0 Å². The van der Waals surface area contributed by atoms with Crippen molar-refractivity contribution in [2.24, 2.45) is 28.6 Å². The molecular formula is C24H36O7. The molecule has 2 saturated carbocycles. The third kappa shape index (κ3) is 2.50. The lowest BCUT2D eigenvalue weighted by Crippen LogP contribution is -2.66. The van der Waals surface area contributed by atoms with Crippen LogP contribution in [0.3, 0.4) is 0 Å². The average molecular weight is 437 g/mol. The molecule has 0 amide bonds. The Morgan fingerprint density at radius 2 is 1.87 bits per heavy atom. The van der Waals surface area contributed by atoms with Gasteiger partial charge in [0.05, 0.1) is 18.1 Å². The Morgan fingerprint density at radius 3 is 2.45 bits per heavy atom. The van der Waals surface area contributed by atoms with Crippen LogP contribution in [0.1, 0.15) is 53.9 Å². The van der Waals surface area contributed by atoms with Gasteiger partial charge in [0, 0.05) is 23.7 Å². The van der Waals surface area contributed by atoms with Crippen LogP contribution < -0.4 is 0 Å². The summed E-state index contributed by atoms with van der Waals surface area (Å²) in [7, 11) is 0. The van der Waals surface area contributed by atoms with Crippen molar-refractivity contribution in [3.63, 3.8) is 0 Å². The van der Waals surface area contributed by atoms with Crippen molar-refractivity contribution >= 4 is 5.97 Å². The molecule has 7 nitrogen and oxygen atoms in total. The van der Waals surface area contributed by atoms with E-state index in [-0.39, 0.29) is 17.5 Å². The smallest absolute Gasteiger partial charge is 0.306 e. The minimum absolute atomic E-state index is 0.168. The Morgan fingerprint density at radius 1 is 1.23 bits per heavy atom. The van der Waals surface area contributed by atoms with Crippen LogP contribution in [0, 0.1) is 28.6 Å². The maximum atomic E-state index is 12.6. The zero-order valence-electron chi connectivity index (χ0n) is 19.0. The van der Waals surface area contributed by atoms with Gasteiger partial charge in [0.1, 0.15) is 23.4 Å². The Hall–Kier alpha value is -1.25. The van der Waals surface area contributed by atoms with Gasteiger partial charge in [-0.3, -0.25) is 4.79 Å². The standard InChI is InChI=1S/C24H36O7/c1-6-7-16(26)31-23-10-13(3)22-9-12(2)18(27)24(22,30)19(28)14(11-25)8-15(20(22)29)17(23)21(23,4)5/h8-9,13,15,17-20,25,27-30H,6-7,10-11H2,1-5H3/t13-,15+,17-,18+,19-,20?,22+,23+,24-/m1/s1. The summed E-state index contributed by atoms with van der Waals surface area (Å²) in [5, 5.41) is 55.8. The highest BCUT2D eigenvalue weighted by Crippen LogP contribution is 2.76. The molecule has 5 N–H and O–H groups in total. The molecule has 0 saturated heterocycles. The molecule has 0 aromatic carbocycles. The Bertz CT molecular complexity index is 847. The van der Waals surface area contributed by atoms with Crippen molar-refractivity contribution in [1.29, 1.82) is 0 Å². The molecular weight excluding hydrogens is 400 g/mol. The van der Waals surface area contributed by atoms with Crippen LogP contribution >= 0.6 is 0 Å². The van der Waals surface area contributed by atoms with Crippen LogP contribution in [0.15, 0.2) is 23.3 Å². The highest BCUT2D eigenvalue weighted by Gasteiger charge is 2.82. The molecule has 1 unspecified atom stereocenters. The lowest BCUT2D eigenvalue weighted by atomic mass is 9.58. The van der Waals surface area contributed by atoms with Crippen molar-refractivity contribution in [2.45, 2.75) is 83.4 Å². The third-order valence-corrected chi connectivity index (χ3v) is 9.07. The maximum Gasteiger partial charge on any atom is 0.306 e. The Balaban J connectivity index is 1.93. The zero-order valence-corrected chi connectivity index (χ0v) is 19.0. The molecule has 0 aromatic rings. The SMILES string of the molecule is CCCC(=O)O[C@@]12C[C@@H](C)[C@]34C=C(C)[C@H](O)[C@@]3(O)[C@H](O)C(CO)=C[C@H](C4O)[C@@H]1C2(C)C. The van der Waals surface area contributed by atoms with Crippen molar-refractivity contribution in [3.05, 3.63) is 23.3 Å². The number of fused-ring (bicyclic) bond motifs is 3. The summed E-state index contributed by atoms with van der Waals surface area (Å²) in [6.07, 6.45) is 0.628. The number of aliphatic hydroxyl groups is 5. The topological polar surface area (TPSA) is 127 Å². The molecule has 4 rings (SSSR count). The minimum Gasteiger partial charge on any atom is -0.458 e. The minimum atomic E-state index is -2.10. The lowest BCUT2D eigenvalue weighted by molar-refractivity contribution is -0.216. The molecule has 0 aliphatic heterocycles. The molecule has 1 spiro atoms. The molecule has 174 valence electrons. The summed E-state index contributed by atoms with van der Waals surface area (Å²) in [5.41, 5.74) is -4.09. The maximum absolute atomic E-state index is 12.6. The predicted molar refractivity (Wildman–Crippen MR) is 113 cm³/mol.